The Morgan fingerprint density at radius 3 is 2.62 bits per heavy atom. The van der Waals surface area contributed by atoms with Gasteiger partial charge in [-0.25, -0.2) is 4.39 Å². The molecule has 3 rings (SSSR count). The molecule has 0 saturated carbocycles. The molecular formula is C18H16BrFN2O2. The van der Waals surface area contributed by atoms with Crippen LogP contribution in [0.2, 0.25) is 0 Å². The number of carbonyl (C=O) groups is 2. The van der Waals surface area contributed by atoms with E-state index in [0.717, 1.165) is 15.7 Å². The van der Waals surface area contributed by atoms with E-state index in [4.69, 9.17) is 0 Å². The first-order valence-electron chi connectivity index (χ1n) is 7.57. The van der Waals surface area contributed by atoms with Crippen LogP contribution in [0.15, 0.2) is 46.9 Å². The van der Waals surface area contributed by atoms with Gasteiger partial charge in [0.1, 0.15) is 5.82 Å². The lowest BCUT2D eigenvalue weighted by Crippen LogP contribution is -2.28. The van der Waals surface area contributed by atoms with E-state index < -0.39 is 5.92 Å². The number of anilines is 2. The standard InChI is InChI=1S/C18H16BrFN2O2/c1-11-8-13(19)2-7-16(11)21-18(24)12-9-17(23)22(10-12)15-5-3-14(20)4-6-15/h2-8,12H,9-10H2,1H3,(H,21,24)/t12-/m0/s1. The first kappa shape index (κ1) is 16.6. The highest BCUT2D eigenvalue weighted by atomic mass is 79.9. The molecule has 0 spiro atoms. The lowest BCUT2D eigenvalue weighted by Gasteiger charge is -2.17. The van der Waals surface area contributed by atoms with E-state index in [2.05, 4.69) is 21.2 Å². The van der Waals surface area contributed by atoms with Gasteiger partial charge in [0.15, 0.2) is 0 Å². The van der Waals surface area contributed by atoms with Crippen LogP contribution in [0, 0.1) is 18.7 Å². The van der Waals surface area contributed by atoms with E-state index in [9.17, 15) is 14.0 Å². The van der Waals surface area contributed by atoms with Gasteiger partial charge < -0.3 is 10.2 Å². The minimum absolute atomic E-state index is 0.130. The molecule has 2 aromatic carbocycles. The molecule has 1 N–H and O–H groups in total. The Balaban J connectivity index is 1.70. The van der Waals surface area contributed by atoms with Crippen molar-refractivity contribution in [3.8, 4) is 0 Å². The van der Waals surface area contributed by atoms with Crippen LogP contribution in [0.3, 0.4) is 0 Å². The Kier molecular flexibility index (Phi) is 4.66. The molecule has 4 nitrogen and oxygen atoms in total. The molecule has 1 aliphatic heterocycles. The largest absolute Gasteiger partial charge is 0.326 e. The number of halogens is 2. The van der Waals surface area contributed by atoms with Crippen LogP contribution >= 0.6 is 15.9 Å². The minimum atomic E-state index is -0.425. The first-order valence-corrected chi connectivity index (χ1v) is 8.36. The van der Waals surface area contributed by atoms with Gasteiger partial charge in [0.2, 0.25) is 11.8 Å². The van der Waals surface area contributed by atoms with Crippen molar-refractivity contribution in [3.05, 3.63) is 58.3 Å². The van der Waals surface area contributed by atoms with Gasteiger partial charge in [-0.2, -0.15) is 0 Å². The van der Waals surface area contributed by atoms with Crippen molar-refractivity contribution in [2.24, 2.45) is 5.92 Å². The average Bonchev–Trinajstić information content (AvgIpc) is 2.93. The molecule has 6 heteroatoms. The number of nitrogens with zero attached hydrogens (tertiary/aromatic N) is 1. The summed E-state index contributed by atoms with van der Waals surface area (Å²) >= 11 is 3.38. The molecule has 0 radical (unpaired) electrons. The van der Waals surface area contributed by atoms with Crippen molar-refractivity contribution in [2.45, 2.75) is 13.3 Å². The predicted molar refractivity (Wildman–Crippen MR) is 94.4 cm³/mol. The Labute approximate surface area is 147 Å². The number of carbonyl (C=O) groups excluding carboxylic acids is 2. The average molecular weight is 391 g/mol. The zero-order valence-corrected chi connectivity index (χ0v) is 14.6. The highest BCUT2D eigenvalue weighted by Crippen LogP contribution is 2.27. The van der Waals surface area contributed by atoms with Crippen LogP contribution in [0.5, 0.6) is 0 Å². The smallest absolute Gasteiger partial charge is 0.229 e. The number of amides is 2. The fraction of sp³-hybridized carbons (Fsp3) is 0.222. The third-order valence-corrected chi connectivity index (χ3v) is 4.57. The van der Waals surface area contributed by atoms with E-state index in [1.165, 1.54) is 17.0 Å². The molecule has 1 saturated heterocycles. The lowest BCUT2D eigenvalue weighted by atomic mass is 10.1. The third-order valence-electron chi connectivity index (χ3n) is 4.08. The van der Waals surface area contributed by atoms with Gasteiger partial charge in [-0.15, -0.1) is 0 Å². The highest BCUT2D eigenvalue weighted by molar-refractivity contribution is 9.10. The van der Waals surface area contributed by atoms with Gasteiger partial charge in [0.25, 0.3) is 0 Å². The molecule has 1 heterocycles. The fourth-order valence-electron chi connectivity index (χ4n) is 2.76. The summed E-state index contributed by atoms with van der Waals surface area (Å²) < 4.78 is 14.0. The van der Waals surface area contributed by atoms with E-state index in [1.54, 1.807) is 12.1 Å². The number of nitrogens with one attached hydrogen (secondary N) is 1. The van der Waals surface area contributed by atoms with Gasteiger partial charge in [0.05, 0.1) is 5.92 Å². The maximum Gasteiger partial charge on any atom is 0.229 e. The molecule has 1 fully saturated rings. The molecule has 1 atom stereocenters. The van der Waals surface area contributed by atoms with Crippen LogP contribution in [-0.4, -0.2) is 18.4 Å². The van der Waals surface area contributed by atoms with Crippen molar-refractivity contribution >= 4 is 39.1 Å². The molecule has 0 aromatic heterocycles. The Morgan fingerprint density at radius 1 is 1.25 bits per heavy atom. The lowest BCUT2D eigenvalue weighted by molar-refractivity contribution is -0.122. The number of benzene rings is 2. The maximum absolute atomic E-state index is 13.0. The van der Waals surface area contributed by atoms with Crippen molar-refractivity contribution in [1.29, 1.82) is 0 Å². The van der Waals surface area contributed by atoms with Crippen LogP contribution in [-0.2, 0) is 9.59 Å². The molecule has 0 aliphatic carbocycles. The SMILES string of the molecule is Cc1cc(Br)ccc1NC(=O)[C@H]1CC(=O)N(c2ccc(F)cc2)C1. The molecule has 0 bridgehead atoms. The van der Waals surface area contributed by atoms with E-state index >= 15 is 0 Å². The number of hydrogen-bond donors (Lipinski definition) is 1. The van der Waals surface area contributed by atoms with Gasteiger partial charge in [-0.1, -0.05) is 15.9 Å². The summed E-state index contributed by atoms with van der Waals surface area (Å²) in [6, 6.07) is 11.3. The Morgan fingerprint density at radius 2 is 1.96 bits per heavy atom. The van der Waals surface area contributed by atoms with Crippen molar-refractivity contribution in [1.82, 2.24) is 0 Å². The van der Waals surface area contributed by atoms with Crippen LogP contribution in [0.4, 0.5) is 15.8 Å². The molecule has 2 amide bonds. The summed E-state index contributed by atoms with van der Waals surface area (Å²) in [4.78, 5) is 26.2. The summed E-state index contributed by atoms with van der Waals surface area (Å²) in [5, 5.41) is 2.88. The normalized spacial score (nSPS) is 17.2. The summed E-state index contributed by atoms with van der Waals surface area (Å²) in [7, 11) is 0. The second-order valence-electron chi connectivity index (χ2n) is 5.83. The summed E-state index contributed by atoms with van der Waals surface area (Å²) in [6.07, 6.45) is 0.152. The summed E-state index contributed by atoms with van der Waals surface area (Å²) in [6.45, 7) is 2.21. The van der Waals surface area contributed by atoms with E-state index in [0.29, 0.717) is 12.2 Å². The Bertz CT molecular complexity index is 792. The predicted octanol–water partition coefficient (Wildman–Crippen LogP) is 3.89. The second-order valence-corrected chi connectivity index (χ2v) is 6.75. The van der Waals surface area contributed by atoms with Crippen LogP contribution in [0.1, 0.15) is 12.0 Å². The fourth-order valence-corrected chi connectivity index (χ4v) is 3.23. The number of rotatable bonds is 3. The first-order chi connectivity index (χ1) is 11.4. The van der Waals surface area contributed by atoms with Gasteiger partial charge in [-0.05, 0) is 55.0 Å². The topological polar surface area (TPSA) is 49.4 Å². The van der Waals surface area contributed by atoms with Crippen molar-refractivity contribution < 1.29 is 14.0 Å². The molecule has 2 aromatic rings. The molecule has 1 aliphatic rings. The zero-order valence-electron chi connectivity index (χ0n) is 13.1. The maximum atomic E-state index is 13.0. The second kappa shape index (κ2) is 6.73. The molecular weight excluding hydrogens is 375 g/mol. The minimum Gasteiger partial charge on any atom is -0.326 e. The zero-order chi connectivity index (χ0) is 17.3. The van der Waals surface area contributed by atoms with Crippen molar-refractivity contribution in [3.63, 3.8) is 0 Å². The molecule has 124 valence electrons. The Hall–Kier alpha value is -2.21. The quantitative estimate of drug-likeness (QED) is 0.863. The number of aryl methyl sites for hydroxylation is 1. The highest BCUT2D eigenvalue weighted by Gasteiger charge is 2.35. The third kappa shape index (κ3) is 3.48. The summed E-state index contributed by atoms with van der Waals surface area (Å²) in [5.74, 6) is -1.09. The molecule has 24 heavy (non-hydrogen) atoms. The van der Waals surface area contributed by atoms with Crippen LogP contribution < -0.4 is 10.2 Å². The monoisotopic (exact) mass is 390 g/mol. The van der Waals surface area contributed by atoms with Crippen molar-refractivity contribution in [2.75, 3.05) is 16.8 Å². The van der Waals surface area contributed by atoms with Gasteiger partial charge in [-0.3, -0.25) is 9.59 Å². The van der Waals surface area contributed by atoms with E-state index in [1.807, 2.05) is 25.1 Å². The van der Waals surface area contributed by atoms with E-state index in [-0.39, 0.29) is 24.1 Å². The van der Waals surface area contributed by atoms with Crippen LogP contribution in [0.25, 0.3) is 0 Å². The summed E-state index contributed by atoms with van der Waals surface area (Å²) in [5.41, 5.74) is 2.28. The van der Waals surface area contributed by atoms with Gasteiger partial charge >= 0.3 is 0 Å². The number of hydrogen-bond acceptors (Lipinski definition) is 2. The van der Waals surface area contributed by atoms with Gasteiger partial charge in [0, 0.05) is 28.8 Å². The molecule has 0 unspecified atom stereocenters.